The molecule has 0 unspecified atom stereocenters. The number of carbonyl (C=O) groups excluding carboxylic acids is 2. The Morgan fingerprint density at radius 2 is 1.77 bits per heavy atom. The van der Waals surface area contributed by atoms with E-state index in [1.165, 1.54) is 4.88 Å². The van der Waals surface area contributed by atoms with Gasteiger partial charge in [-0.3, -0.25) is 4.79 Å². The van der Waals surface area contributed by atoms with E-state index in [9.17, 15) is 9.59 Å². The molecule has 0 bridgehead atoms. The molecular formula is C25H23NO3S. The van der Waals surface area contributed by atoms with Crippen molar-refractivity contribution in [3.63, 3.8) is 0 Å². The van der Waals surface area contributed by atoms with Crippen molar-refractivity contribution in [2.24, 2.45) is 0 Å². The molecule has 4 rings (SSSR count). The summed E-state index contributed by atoms with van der Waals surface area (Å²) in [5, 5.41) is 3.86. The van der Waals surface area contributed by atoms with Crippen molar-refractivity contribution in [1.82, 2.24) is 4.57 Å². The highest BCUT2D eigenvalue weighted by Crippen LogP contribution is 2.21. The monoisotopic (exact) mass is 417 g/mol. The Morgan fingerprint density at radius 3 is 2.57 bits per heavy atom. The summed E-state index contributed by atoms with van der Waals surface area (Å²) in [4.78, 5) is 26.7. The molecule has 0 radical (unpaired) electrons. The van der Waals surface area contributed by atoms with Crippen molar-refractivity contribution >= 4 is 33.9 Å². The average Bonchev–Trinajstić information content (AvgIpc) is 3.38. The first-order valence-electron chi connectivity index (χ1n) is 9.92. The minimum Gasteiger partial charge on any atom is -0.454 e. The van der Waals surface area contributed by atoms with Crippen LogP contribution in [0.4, 0.5) is 0 Å². The number of rotatable bonds is 7. The molecule has 0 N–H and O–H groups in total. The fourth-order valence-corrected chi connectivity index (χ4v) is 4.49. The SMILES string of the molecule is Cc1cc(C(=O)COC(=O)c2cccc3ccccc23)c(C)n1CCc1cccs1. The number of Topliss-reactive ketones (excluding diaryl/α,β-unsaturated/α-hetero) is 1. The first-order chi connectivity index (χ1) is 14.5. The number of benzene rings is 2. The second-order valence-corrected chi connectivity index (χ2v) is 8.32. The summed E-state index contributed by atoms with van der Waals surface area (Å²) >= 11 is 1.74. The third-order valence-corrected chi connectivity index (χ3v) is 6.32. The predicted molar refractivity (Wildman–Crippen MR) is 120 cm³/mol. The van der Waals surface area contributed by atoms with Gasteiger partial charge in [0.05, 0.1) is 5.56 Å². The van der Waals surface area contributed by atoms with Gasteiger partial charge in [-0.1, -0.05) is 42.5 Å². The van der Waals surface area contributed by atoms with Crippen molar-refractivity contribution in [3.8, 4) is 0 Å². The second kappa shape index (κ2) is 8.67. The fourth-order valence-electron chi connectivity index (χ4n) is 3.79. The van der Waals surface area contributed by atoms with Crippen LogP contribution in [-0.2, 0) is 17.7 Å². The molecule has 30 heavy (non-hydrogen) atoms. The average molecular weight is 418 g/mol. The van der Waals surface area contributed by atoms with Gasteiger partial charge in [0.15, 0.2) is 6.61 Å². The molecule has 0 saturated heterocycles. The molecule has 4 aromatic rings. The molecule has 2 heterocycles. The number of aromatic nitrogens is 1. The van der Waals surface area contributed by atoms with Crippen molar-refractivity contribution in [2.75, 3.05) is 6.61 Å². The van der Waals surface area contributed by atoms with E-state index in [0.29, 0.717) is 11.1 Å². The Balaban J connectivity index is 1.45. The topological polar surface area (TPSA) is 48.3 Å². The normalized spacial score (nSPS) is 11.0. The first-order valence-corrected chi connectivity index (χ1v) is 10.8. The Kier molecular flexibility index (Phi) is 5.81. The number of carbonyl (C=O) groups is 2. The van der Waals surface area contributed by atoms with Gasteiger partial charge < -0.3 is 9.30 Å². The Morgan fingerprint density at radius 1 is 0.967 bits per heavy atom. The standard InChI is InChI=1S/C25H23NO3S/c1-17-15-23(18(2)26(17)13-12-20-9-6-14-30-20)24(27)16-29-25(28)22-11-5-8-19-7-3-4-10-21(19)22/h3-11,14-15H,12-13,16H2,1-2H3. The smallest absolute Gasteiger partial charge is 0.339 e. The van der Waals surface area contributed by atoms with E-state index < -0.39 is 5.97 Å². The third kappa shape index (κ3) is 4.07. The summed E-state index contributed by atoms with van der Waals surface area (Å²) in [5.74, 6) is -0.661. The minimum absolute atomic E-state index is 0.181. The van der Waals surface area contributed by atoms with Crippen LogP contribution in [0, 0.1) is 13.8 Å². The maximum atomic E-state index is 12.8. The zero-order valence-electron chi connectivity index (χ0n) is 17.1. The lowest BCUT2D eigenvalue weighted by Crippen LogP contribution is -2.15. The number of hydrogen-bond acceptors (Lipinski definition) is 4. The number of nitrogens with zero attached hydrogens (tertiary/aromatic N) is 1. The molecule has 4 nitrogen and oxygen atoms in total. The maximum Gasteiger partial charge on any atom is 0.339 e. The van der Waals surface area contributed by atoms with E-state index in [1.807, 2.05) is 56.3 Å². The Bertz CT molecular complexity index is 1200. The molecule has 0 amide bonds. The van der Waals surface area contributed by atoms with E-state index in [0.717, 1.165) is 35.1 Å². The van der Waals surface area contributed by atoms with Crippen molar-refractivity contribution in [2.45, 2.75) is 26.8 Å². The summed E-state index contributed by atoms with van der Waals surface area (Å²) in [6.07, 6.45) is 0.928. The van der Waals surface area contributed by atoms with Crippen LogP contribution >= 0.6 is 11.3 Å². The second-order valence-electron chi connectivity index (χ2n) is 7.29. The van der Waals surface area contributed by atoms with Crippen LogP contribution in [0.15, 0.2) is 66.0 Å². The highest BCUT2D eigenvalue weighted by atomic mass is 32.1. The summed E-state index contributed by atoms with van der Waals surface area (Å²) in [6, 6.07) is 19.2. The van der Waals surface area contributed by atoms with Gasteiger partial charge in [-0.15, -0.1) is 11.3 Å². The van der Waals surface area contributed by atoms with Crippen LogP contribution < -0.4 is 0 Å². The molecule has 152 valence electrons. The number of fused-ring (bicyclic) bond motifs is 1. The number of esters is 1. The summed E-state index contributed by atoms with van der Waals surface area (Å²) in [7, 11) is 0. The van der Waals surface area contributed by atoms with Gasteiger partial charge in [0.2, 0.25) is 5.78 Å². The molecule has 0 aliphatic carbocycles. The van der Waals surface area contributed by atoms with Crippen LogP contribution in [0.3, 0.4) is 0 Å². The molecule has 0 atom stereocenters. The molecule has 0 fully saturated rings. The van der Waals surface area contributed by atoms with E-state index in [4.69, 9.17) is 4.74 Å². The zero-order valence-corrected chi connectivity index (χ0v) is 17.9. The molecule has 0 aliphatic heterocycles. The quantitative estimate of drug-likeness (QED) is 0.290. The van der Waals surface area contributed by atoms with Gasteiger partial charge in [-0.2, -0.15) is 0 Å². The number of hydrogen-bond donors (Lipinski definition) is 0. The third-order valence-electron chi connectivity index (χ3n) is 5.38. The summed E-state index contributed by atoms with van der Waals surface area (Å²) in [5.41, 5.74) is 3.04. The number of ketones is 1. The van der Waals surface area contributed by atoms with Crippen LogP contribution in [0.5, 0.6) is 0 Å². The van der Waals surface area contributed by atoms with Gasteiger partial charge in [0.1, 0.15) is 0 Å². The van der Waals surface area contributed by atoms with E-state index in [2.05, 4.69) is 22.1 Å². The lowest BCUT2D eigenvalue weighted by molar-refractivity contribution is 0.0476. The van der Waals surface area contributed by atoms with Gasteiger partial charge in [0.25, 0.3) is 0 Å². The van der Waals surface area contributed by atoms with Crippen LogP contribution in [0.2, 0.25) is 0 Å². The molecular weight excluding hydrogens is 394 g/mol. The van der Waals surface area contributed by atoms with Crippen molar-refractivity contribution in [3.05, 3.63) is 93.4 Å². The van der Waals surface area contributed by atoms with Crippen LogP contribution in [0.25, 0.3) is 10.8 Å². The lowest BCUT2D eigenvalue weighted by atomic mass is 10.0. The van der Waals surface area contributed by atoms with E-state index >= 15 is 0 Å². The van der Waals surface area contributed by atoms with Crippen LogP contribution in [0.1, 0.15) is 37.0 Å². The fraction of sp³-hybridized carbons (Fsp3) is 0.200. The number of thiophene rings is 1. The highest BCUT2D eigenvalue weighted by Gasteiger charge is 2.18. The number of aryl methyl sites for hydroxylation is 2. The number of ether oxygens (including phenoxy) is 1. The summed E-state index contributed by atoms with van der Waals surface area (Å²) in [6.45, 7) is 4.50. The largest absolute Gasteiger partial charge is 0.454 e. The molecule has 0 saturated carbocycles. The lowest BCUT2D eigenvalue weighted by Gasteiger charge is -2.09. The molecule has 5 heteroatoms. The zero-order chi connectivity index (χ0) is 21.1. The van der Waals surface area contributed by atoms with Crippen LogP contribution in [-0.4, -0.2) is 22.9 Å². The molecule has 2 aromatic carbocycles. The molecule has 0 spiro atoms. The summed E-state index contributed by atoms with van der Waals surface area (Å²) < 4.78 is 7.53. The van der Waals surface area contributed by atoms with Crippen molar-refractivity contribution in [1.29, 1.82) is 0 Å². The molecule has 0 aliphatic rings. The van der Waals surface area contributed by atoms with E-state index in [-0.39, 0.29) is 12.4 Å². The Hall–Kier alpha value is -3.18. The van der Waals surface area contributed by atoms with Crippen molar-refractivity contribution < 1.29 is 14.3 Å². The minimum atomic E-state index is -0.480. The first kappa shape index (κ1) is 20.1. The Labute approximate surface area is 179 Å². The van der Waals surface area contributed by atoms with Gasteiger partial charge in [0, 0.05) is 28.4 Å². The maximum absolute atomic E-state index is 12.8. The van der Waals surface area contributed by atoms with Gasteiger partial charge >= 0.3 is 5.97 Å². The predicted octanol–water partition coefficient (Wildman–Crippen LogP) is 5.60. The van der Waals surface area contributed by atoms with Gasteiger partial charge in [-0.05, 0) is 54.6 Å². The van der Waals surface area contributed by atoms with Gasteiger partial charge in [-0.25, -0.2) is 4.79 Å². The van der Waals surface area contributed by atoms with E-state index in [1.54, 1.807) is 17.4 Å². The highest BCUT2D eigenvalue weighted by molar-refractivity contribution is 7.09. The molecule has 2 aromatic heterocycles.